The van der Waals surface area contributed by atoms with Gasteiger partial charge in [-0.2, -0.15) is 5.10 Å². The van der Waals surface area contributed by atoms with Gasteiger partial charge in [0.2, 0.25) is 0 Å². The molecule has 0 aliphatic heterocycles. The lowest BCUT2D eigenvalue weighted by Gasteiger charge is -2.08. The van der Waals surface area contributed by atoms with E-state index in [4.69, 9.17) is 12.2 Å². The van der Waals surface area contributed by atoms with E-state index in [9.17, 15) is 0 Å². The molecule has 2 N–H and O–H groups in total. The Hall–Kier alpha value is -3.39. The Morgan fingerprint density at radius 3 is 2.75 bits per heavy atom. The van der Waals surface area contributed by atoms with E-state index >= 15 is 0 Å². The van der Waals surface area contributed by atoms with Crippen molar-refractivity contribution in [3.05, 3.63) is 66.6 Å². The molecule has 0 fully saturated rings. The van der Waals surface area contributed by atoms with Crippen LogP contribution in [0.25, 0.3) is 22.4 Å². The molecule has 0 aliphatic rings. The second-order valence-electron chi connectivity index (χ2n) is 6.19. The molecule has 0 aliphatic carbocycles. The Morgan fingerprint density at radius 1 is 1.07 bits per heavy atom. The molecular weight excluding hydrogens is 370 g/mol. The Morgan fingerprint density at radius 2 is 1.93 bits per heavy atom. The molecular formula is C20H19N7S. The summed E-state index contributed by atoms with van der Waals surface area (Å²) >= 11 is 5.21. The summed E-state index contributed by atoms with van der Waals surface area (Å²) in [6, 6.07) is 13.9. The van der Waals surface area contributed by atoms with Gasteiger partial charge in [-0.1, -0.05) is 30.3 Å². The van der Waals surface area contributed by atoms with Crippen LogP contribution in [0.3, 0.4) is 0 Å². The zero-order valence-electron chi connectivity index (χ0n) is 15.3. The SMILES string of the molecule is CCNC(=S)Nc1ccc2ncc(-c3cnn(Cc4ccccc4)c3)nc2n1. The quantitative estimate of drug-likeness (QED) is 0.507. The lowest BCUT2D eigenvalue weighted by Crippen LogP contribution is -2.28. The van der Waals surface area contributed by atoms with Gasteiger partial charge >= 0.3 is 0 Å². The van der Waals surface area contributed by atoms with E-state index in [1.54, 1.807) is 12.4 Å². The van der Waals surface area contributed by atoms with E-state index in [0.29, 0.717) is 23.1 Å². The minimum absolute atomic E-state index is 0.528. The lowest BCUT2D eigenvalue weighted by atomic mass is 10.2. The van der Waals surface area contributed by atoms with E-state index in [1.165, 1.54) is 5.56 Å². The Balaban J connectivity index is 1.57. The van der Waals surface area contributed by atoms with Crippen molar-refractivity contribution < 1.29 is 0 Å². The molecule has 0 amide bonds. The molecule has 0 saturated heterocycles. The molecule has 0 bridgehead atoms. The van der Waals surface area contributed by atoms with Gasteiger partial charge in [0.05, 0.1) is 24.6 Å². The molecule has 8 heteroatoms. The highest BCUT2D eigenvalue weighted by Crippen LogP contribution is 2.19. The first kappa shape index (κ1) is 18.0. The fraction of sp³-hybridized carbons (Fsp3) is 0.150. The van der Waals surface area contributed by atoms with Crippen LogP contribution in [0.4, 0.5) is 5.82 Å². The number of thiocarbonyl (C=S) groups is 1. The van der Waals surface area contributed by atoms with Gasteiger partial charge in [0, 0.05) is 18.3 Å². The third-order valence-corrected chi connectivity index (χ3v) is 4.35. The average molecular weight is 389 g/mol. The molecule has 0 radical (unpaired) electrons. The van der Waals surface area contributed by atoms with Crippen molar-refractivity contribution in [2.75, 3.05) is 11.9 Å². The lowest BCUT2D eigenvalue weighted by molar-refractivity contribution is 0.687. The number of pyridine rings is 1. The number of nitrogens with zero attached hydrogens (tertiary/aromatic N) is 5. The number of hydrogen-bond acceptors (Lipinski definition) is 5. The second kappa shape index (κ2) is 8.10. The number of benzene rings is 1. The molecule has 7 nitrogen and oxygen atoms in total. The van der Waals surface area contributed by atoms with Crippen molar-refractivity contribution in [3.63, 3.8) is 0 Å². The number of fused-ring (bicyclic) bond motifs is 1. The second-order valence-corrected chi connectivity index (χ2v) is 6.60. The van der Waals surface area contributed by atoms with Crippen molar-refractivity contribution in [2.24, 2.45) is 0 Å². The first-order valence-electron chi connectivity index (χ1n) is 8.96. The molecule has 0 saturated carbocycles. The zero-order valence-corrected chi connectivity index (χ0v) is 16.1. The Kier molecular flexibility index (Phi) is 5.20. The van der Waals surface area contributed by atoms with Crippen molar-refractivity contribution in [3.8, 4) is 11.3 Å². The first-order valence-corrected chi connectivity index (χ1v) is 9.37. The van der Waals surface area contributed by atoms with Crippen molar-refractivity contribution in [2.45, 2.75) is 13.5 Å². The molecule has 0 spiro atoms. The summed E-state index contributed by atoms with van der Waals surface area (Å²) in [5.41, 5.74) is 4.09. The van der Waals surface area contributed by atoms with Crippen molar-refractivity contribution >= 4 is 34.3 Å². The topological polar surface area (TPSA) is 80.5 Å². The number of hydrogen-bond donors (Lipinski definition) is 2. The predicted molar refractivity (Wildman–Crippen MR) is 114 cm³/mol. The summed E-state index contributed by atoms with van der Waals surface area (Å²) in [5, 5.41) is 11.1. The highest BCUT2D eigenvalue weighted by Gasteiger charge is 2.08. The minimum Gasteiger partial charge on any atom is -0.363 e. The molecule has 28 heavy (non-hydrogen) atoms. The number of rotatable bonds is 5. The minimum atomic E-state index is 0.528. The fourth-order valence-corrected chi connectivity index (χ4v) is 3.03. The molecule has 3 aromatic heterocycles. The van der Waals surface area contributed by atoms with E-state index < -0.39 is 0 Å². The molecule has 1 aromatic carbocycles. The number of anilines is 1. The van der Waals surface area contributed by atoms with Gasteiger partial charge in [0.15, 0.2) is 10.8 Å². The summed E-state index contributed by atoms with van der Waals surface area (Å²) in [7, 11) is 0. The maximum absolute atomic E-state index is 5.21. The Bertz CT molecular complexity index is 1110. The highest BCUT2D eigenvalue weighted by atomic mass is 32.1. The molecule has 4 aromatic rings. The number of aromatic nitrogens is 5. The molecule has 4 rings (SSSR count). The maximum atomic E-state index is 5.21. The van der Waals surface area contributed by atoms with Crippen molar-refractivity contribution in [1.82, 2.24) is 30.0 Å². The standard InChI is InChI=1S/C20H19N7S/c1-2-21-20(28)26-18-9-8-16-19(25-18)24-17(11-22-16)15-10-23-27(13-15)12-14-6-4-3-5-7-14/h3-11,13H,2,12H2,1H3,(H2,21,24,25,26,28). The van der Waals surface area contributed by atoms with Crippen LogP contribution >= 0.6 is 12.2 Å². The fourth-order valence-electron chi connectivity index (χ4n) is 2.78. The van der Waals surface area contributed by atoms with Crippen LogP contribution in [0, 0.1) is 0 Å². The first-order chi connectivity index (χ1) is 13.7. The summed E-state index contributed by atoms with van der Waals surface area (Å²) < 4.78 is 1.89. The zero-order chi connectivity index (χ0) is 19.3. The molecule has 0 atom stereocenters. The molecule has 3 heterocycles. The van der Waals surface area contributed by atoms with Crippen LogP contribution in [0.1, 0.15) is 12.5 Å². The monoisotopic (exact) mass is 389 g/mol. The van der Waals surface area contributed by atoms with Crippen LogP contribution in [0.5, 0.6) is 0 Å². The molecule has 140 valence electrons. The summed E-state index contributed by atoms with van der Waals surface area (Å²) in [4.78, 5) is 13.6. The average Bonchev–Trinajstić information content (AvgIpc) is 3.17. The van der Waals surface area contributed by atoms with Crippen LogP contribution in [-0.4, -0.2) is 36.4 Å². The third kappa shape index (κ3) is 4.12. The summed E-state index contributed by atoms with van der Waals surface area (Å²) in [6.45, 7) is 3.43. The molecule has 0 unspecified atom stereocenters. The normalized spacial score (nSPS) is 10.8. The van der Waals surface area contributed by atoms with Gasteiger partial charge in [-0.25, -0.2) is 9.97 Å². The van der Waals surface area contributed by atoms with E-state index in [2.05, 4.69) is 42.8 Å². The maximum Gasteiger partial charge on any atom is 0.180 e. The predicted octanol–water partition coefficient (Wildman–Crippen LogP) is 3.24. The summed E-state index contributed by atoms with van der Waals surface area (Å²) in [5.74, 6) is 0.629. The van der Waals surface area contributed by atoms with E-state index in [-0.39, 0.29) is 0 Å². The van der Waals surface area contributed by atoms with Gasteiger partial charge < -0.3 is 10.6 Å². The van der Waals surface area contributed by atoms with Gasteiger partial charge in [-0.15, -0.1) is 0 Å². The van der Waals surface area contributed by atoms with Gasteiger partial charge in [-0.05, 0) is 36.8 Å². The van der Waals surface area contributed by atoms with Crippen LogP contribution in [0.15, 0.2) is 61.1 Å². The summed E-state index contributed by atoms with van der Waals surface area (Å²) in [6.07, 6.45) is 5.50. The third-order valence-electron chi connectivity index (χ3n) is 4.10. The van der Waals surface area contributed by atoms with E-state index in [0.717, 1.165) is 23.3 Å². The highest BCUT2D eigenvalue weighted by molar-refractivity contribution is 7.80. The van der Waals surface area contributed by atoms with Gasteiger partial charge in [0.25, 0.3) is 0 Å². The number of nitrogens with one attached hydrogen (secondary N) is 2. The van der Waals surface area contributed by atoms with E-state index in [1.807, 2.05) is 48.1 Å². The van der Waals surface area contributed by atoms with Gasteiger partial charge in [-0.3, -0.25) is 9.67 Å². The smallest absolute Gasteiger partial charge is 0.180 e. The Labute approximate surface area is 167 Å². The van der Waals surface area contributed by atoms with Crippen LogP contribution < -0.4 is 10.6 Å². The van der Waals surface area contributed by atoms with Gasteiger partial charge in [0.1, 0.15) is 11.3 Å². The largest absolute Gasteiger partial charge is 0.363 e. The van der Waals surface area contributed by atoms with Crippen LogP contribution in [-0.2, 0) is 6.54 Å². The van der Waals surface area contributed by atoms with Crippen LogP contribution in [0.2, 0.25) is 0 Å². The van der Waals surface area contributed by atoms with Crippen molar-refractivity contribution in [1.29, 1.82) is 0 Å².